The summed E-state index contributed by atoms with van der Waals surface area (Å²) >= 11 is 0. The molecular weight excluding hydrogens is 318 g/mol. The molecule has 1 saturated carbocycles. The average molecular weight is 335 g/mol. The van der Waals surface area contributed by atoms with Gasteiger partial charge in [0.25, 0.3) is 11.7 Å². The van der Waals surface area contributed by atoms with Crippen LogP contribution >= 0.6 is 0 Å². The molecule has 0 bridgehead atoms. The predicted octanol–water partition coefficient (Wildman–Crippen LogP) is 3.86. The molecule has 1 spiro atoms. The number of aromatic nitrogens is 2. The van der Waals surface area contributed by atoms with E-state index in [1.807, 2.05) is 42.5 Å². The summed E-state index contributed by atoms with van der Waals surface area (Å²) in [7, 11) is 0. The molecule has 25 heavy (non-hydrogen) atoms. The van der Waals surface area contributed by atoms with E-state index in [1.54, 1.807) is 0 Å². The van der Waals surface area contributed by atoms with Crippen LogP contribution < -0.4 is 14.8 Å². The summed E-state index contributed by atoms with van der Waals surface area (Å²) in [6.45, 7) is 0. The van der Waals surface area contributed by atoms with Crippen molar-refractivity contribution in [3.63, 3.8) is 0 Å². The number of hydrogen-bond donors (Lipinski definition) is 2. The van der Waals surface area contributed by atoms with E-state index >= 15 is 0 Å². The Balaban J connectivity index is 1.39. The minimum atomic E-state index is -0.497. The lowest BCUT2D eigenvalue weighted by atomic mass is 10.2. The molecule has 1 fully saturated rings. The van der Waals surface area contributed by atoms with Crippen molar-refractivity contribution in [3.05, 3.63) is 48.2 Å². The van der Waals surface area contributed by atoms with Crippen LogP contribution in [0.4, 0.5) is 5.69 Å². The van der Waals surface area contributed by atoms with Gasteiger partial charge in [-0.3, -0.25) is 9.89 Å². The van der Waals surface area contributed by atoms with E-state index in [2.05, 4.69) is 15.5 Å². The van der Waals surface area contributed by atoms with Crippen LogP contribution in [0.5, 0.6) is 11.5 Å². The minimum Gasteiger partial charge on any atom is -0.448 e. The molecule has 6 nitrogen and oxygen atoms in total. The van der Waals surface area contributed by atoms with Gasteiger partial charge in [-0.2, -0.15) is 5.10 Å². The van der Waals surface area contributed by atoms with Crippen LogP contribution in [0.3, 0.4) is 0 Å². The lowest BCUT2D eigenvalue weighted by molar-refractivity contribution is -0.0716. The molecule has 2 aliphatic rings. The fraction of sp³-hybridized carbons (Fsp3) is 0.263. The van der Waals surface area contributed by atoms with Crippen LogP contribution in [-0.4, -0.2) is 21.9 Å². The number of H-pyrrole nitrogens is 1. The maximum Gasteiger partial charge on any atom is 0.276 e. The first-order chi connectivity index (χ1) is 12.2. The second kappa shape index (κ2) is 5.24. The highest BCUT2D eigenvalue weighted by atomic mass is 16.7. The van der Waals surface area contributed by atoms with Gasteiger partial charge in [-0.1, -0.05) is 18.2 Å². The van der Waals surface area contributed by atoms with Gasteiger partial charge in [0.15, 0.2) is 17.2 Å². The quantitative estimate of drug-likeness (QED) is 0.746. The number of para-hydroxylation sites is 1. The van der Waals surface area contributed by atoms with Gasteiger partial charge >= 0.3 is 0 Å². The summed E-state index contributed by atoms with van der Waals surface area (Å²) < 4.78 is 12.0. The number of amides is 1. The molecule has 0 saturated heterocycles. The summed E-state index contributed by atoms with van der Waals surface area (Å²) in [5, 5.41) is 10.7. The molecule has 2 N–H and O–H groups in total. The SMILES string of the molecule is O=C(Nc1ccc2c(c1)OC1(CCCC1)O2)c1n[nH]c2ccccc12. The molecule has 1 aliphatic heterocycles. The first kappa shape index (κ1) is 14.3. The molecule has 1 aromatic heterocycles. The van der Waals surface area contributed by atoms with Gasteiger partial charge in [0.2, 0.25) is 0 Å². The molecule has 0 atom stereocenters. The summed E-state index contributed by atoms with van der Waals surface area (Å²) in [6.07, 6.45) is 4.04. The monoisotopic (exact) mass is 335 g/mol. The highest BCUT2D eigenvalue weighted by molar-refractivity contribution is 6.11. The third-order valence-electron chi connectivity index (χ3n) is 4.84. The van der Waals surface area contributed by atoms with E-state index in [9.17, 15) is 4.79 Å². The third kappa shape index (κ3) is 2.33. The molecule has 0 unspecified atom stereocenters. The maximum absolute atomic E-state index is 12.6. The Kier molecular flexibility index (Phi) is 3.00. The van der Waals surface area contributed by atoms with E-state index in [0.29, 0.717) is 17.1 Å². The van der Waals surface area contributed by atoms with Gasteiger partial charge in [0.05, 0.1) is 5.52 Å². The van der Waals surface area contributed by atoms with Crippen molar-refractivity contribution in [3.8, 4) is 11.5 Å². The molecule has 1 aliphatic carbocycles. The third-order valence-corrected chi connectivity index (χ3v) is 4.84. The Labute approximate surface area is 144 Å². The van der Waals surface area contributed by atoms with E-state index in [0.717, 1.165) is 42.3 Å². The molecule has 2 heterocycles. The zero-order chi connectivity index (χ0) is 16.9. The number of nitrogens with zero attached hydrogens (tertiary/aromatic N) is 1. The van der Waals surface area contributed by atoms with E-state index in [1.165, 1.54) is 0 Å². The highest BCUT2D eigenvalue weighted by Crippen LogP contribution is 2.47. The van der Waals surface area contributed by atoms with Gasteiger partial charge in [-0.25, -0.2) is 0 Å². The summed E-state index contributed by atoms with van der Waals surface area (Å²) in [4.78, 5) is 12.6. The van der Waals surface area contributed by atoms with Crippen molar-refractivity contribution in [2.24, 2.45) is 0 Å². The van der Waals surface area contributed by atoms with Crippen molar-refractivity contribution < 1.29 is 14.3 Å². The fourth-order valence-corrected chi connectivity index (χ4v) is 3.62. The van der Waals surface area contributed by atoms with Crippen LogP contribution in [0.25, 0.3) is 10.9 Å². The van der Waals surface area contributed by atoms with Gasteiger partial charge in [-0.05, 0) is 31.0 Å². The standard InChI is InChI=1S/C19H17N3O3/c23-18(17-13-5-1-2-6-14(13)21-22-17)20-12-7-8-15-16(11-12)25-19(24-15)9-3-4-10-19/h1-2,5-8,11H,3-4,9-10H2,(H,20,23)(H,21,22). The number of nitrogens with one attached hydrogen (secondary N) is 2. The average Bonchev–Trinajstić information content (AvgIpc) is 3.32. The Morgan fingerprint density at radius 3 is 2.76 bits per heavy atom. The fourth-order valence-electron chi connectivity index (χ4n) is 3.62. The highest BCUT2D eigenvalue weighted by Gasteiger charge is 2.44. The number of rotatable bonds is 2. The summed E-state index contributed by atoms with van der Waals surface area (Å²) in [6, 6.07) is 13.0. The molecule has 3 aromatic rings. The topological polar surface area (TPSA) is 76.2 Å². The molecule has 5 rings (SSSR count). The summed E-state index contributed by atoms with van der Waals surface area (Å²) in [5.74, 6) is 0.673. The second-order valence-electron chi connectivity index (χ2n) is 6.56. The summed E-state index contributed by atoms with van der Waals surface area (Å²) in [5.41, 5.74) is 1.87. The van der Waals surface area contributed by atoms with Crippen LogP contribution in [0.2, 0.25) is 0 Å². The predicted molar refractivity (Wildman–Crippen MR) is 92.9 cm³/mol. The zero-order valence-electron chi connectivity index (χ0n) is 13.5. The first-order valence-corrected chi connectivity index (χ1v) is 8.49. The first-order valence-electron chi connectivity index (χ1n) is 8.49. The number of hydrogen-bond acceptors (Lipinski definition) is 4. The van der Waals surface area contributed by atoms with Gasteiger partial charge < -0.3 is 14.8 Å². The van der Waals surface area contributed by atoms with Crippen LogP contribution in [0, 0.1) is 0 Å². The maximum atomic E-state index is 12.6. The largest absolute Gasteiger partial charge is 0.448 e. The van der Waals surface area contributed by atoms with Crippen LogP contribution in [-0.2, 0) is 0 Å². The lowest BCUT2D eigenvalue weighted by Crippen LogP contribution is -2.34. The Morgan fingerprint density at radius 1 is 1.08 bits per heavy atom. The van der Waals surface area contributed by atoms with Crippen molar-refractivity contribution in [1.29, 1.82) is 0 Å². The lowest BCUT2D eigenvalue weighted by Gasteiger charge is -2.21. The Morgan fingerprint density at radius 2 is 1.88 bits per heavy atom. The van der Waals surface area contributed by atoms with Gasteiger partial charge in [0.1, 0.15) is 0 Å². The van der Waals surface area contributed by atoms with Crippen molar-refractivity contribution in [2.75, 3.05) is 5.32 Å². The smallest absolute Gasteiger partial charge is 0.276 e. The van der Waals surface area contributed by atoms with Crippen LogP contribution in [0.15, 0.2) is 42.5 Å². The minimum absolute atomic E-state index is 0.258. The molecule has 0 radical (unpaired) electrons. The zero-order valence-corrected chi connectivity index (χ0v) is 13.5. The molecule has 6 heteroatoms. The van der Waals surface area contributed by atoms with Crippen molar-refractivity contribution in [2.45, 2.75) is 31.5 Å². The van der Waals surface area contributed by atoms with E-state index < -0.39 is 5.79 Å². The number of aromatic amines is 1. The number of anilines is 1. The van der Waals surface area contributed by atoms with Crippen LogP contribution in [0.1, 0.15) is 36.2 Å². The number of carbonyl (C=O) groups excluding carboxylic acids is 1. The Bertz CT molecular complexity index is 973. The molecule has 2 aromatic carbocycles. The normalized spacial score (nSPS) is 17.3. The number of fused-ring (bicyclic) bond motifs is 2. The van der Waals surface area contributed by atoms with E-state index in [-0.39, 0.29) is 5.91 Å². The number of carbonyl (C=O) groups is 1. The Hall–Kier alpha value is -3.02. The molecular formula is C19H17N3O3. The van der Waals surface area contributed by atoms with E-state index in [4.69, 9.17) is 9.47 Å². The van der Waals surface area contributed by atoms with Crippen molar-refractivity contribution >= 4 is 22.5 Å². The van der Waals surface area contributed by atoms with Crippen molar-refractivity contribution in [1.82, 2.24) is 10.2 Å². The molecule has 1 amide bonds. The molecule has 126 valence electrons. The van der Waals surface area contributed by atoms with Gasteiger partial charge in [-0.15, -0.1) is 0 Å². The van der Waals surface area contributed by atoms with Gasteiger partial charge in [0, 0.05) is 30.0 Å². The number of ether oxygens (including phenoxy) is 2. The number of benzene rings is 2. The second-order valence-corrected chi connectivity index (χ2v) is 6.56.